The van der Waals surface area contributed by atoms with E-state index in [1.165, 1.54) is 12.1 Å². The number of nitrogens with zero attached hydrogens (tertiary/aromatic N) is 1. The fraction of sp³-hybridized carbons (Fsp3) is 0.333. The topological polar surface area (TPSA) is 77.8 Å². The molecule has 0 spiro atoms. The number of aliphatic hydroxyl groups is 2. The minimum Gasteiger partial charge on any atom is -0.380 e. The molecule has 0 heterocycles. The Morgan fingerprint density at radius 1 is 1.13 bits per heavy atom. The zero-order valence-electron chi connectivity index (χ0n) is 8.29. The summed E-state index contributed by atoms with van der Waals surface area (Å²) in [5, 5.41) is 17.5. The van der Waals surface area contributed by atoms with E-state index in [1.54, 1.807) is 12.1 Å². The van der Waals surface area contributed by atoms with E-state index >= 15 is 0 Å². The van der Waals surface area contributed by atoms with Gasteiger partial charge >= 0.3 is 0 Å². The molecule has 0 aliphatic rings. The number of rotatable bonds is 4. The lowest BCUT2D eigenvalue weighted by molar-refractivity contribution is 0.0965. The van der Waals surface area contributed by atoms with Gasteiger partial charge in [-0.15, -0.1) is 4.31 Å². The lowest BCUT2D eigenvalue weighted by Crippen LogP contribution is -2.32. The number of benzene rings is 1. The van der Waals surface area contributed by atoms with Crippen LogP contribution < -0.4 is 0 Å². The monoisotopic (exact) mass is 231 g/mol. The second-order valence-electron chi connectivity index (χ2n) is 3.05. The van der Waals surface area contributed by atoms with Crippen molar-refractivity contribution in [1.29, 1.82) is 0 Å². The maximum Gasteiger partial charge on any atom is 0.246 e. The van der Waals surface area contributed by atoms with Crippen LogP contribution in [0.5, 0.6) is 0 Å². The molecule has 5 nitrogen and oxygen atoms in total. The fourth-order valence-electron chi connectivity index (χ4n) is 1.06. The third-order valence-corrected chi connectivity index (χ3v) is 3.75. The summed E-state index contributed by atoms with van der Waals surface area (Å²) >= 11 is 0. The van der Waals surface area contributed by atoms with Crippen molar-refractivity contribution in [2.75, 3.05) is 13.5 Å². The van der Waals surface area contributed by atoms with Crippen molar-refractivity contribution in [3.63, 3.8) is 0 Å². The summed E-state index contributed by atoms with van der Waals surface area (Å²) in [7, 11) is -3.78. The van der Waals surface area contributed by atoms with Crippen LogP contribution in [0.15, 0.2) is 29.2 Å². The first kappa shape index (κ1) is 12.1. The number of sulfonamides is 1. The van der Waals surface area contributed by atoms with Crippen LogP contribution in [0.2, 0.25) is 0 Å². The van der Waals surface area contributed by atoms with E-state index < -0.39 is 23.5 Å². The van der Waals surface area contributed by atoms with Gasteiger partial charge in [-0.3, -0.25) is 0 Å². The van der Waals surface area contributed by atoms with Crippen LogP contribution in [0.25, 0.3) is 0 Å². The predicted molar refractivity (Wildman–Crippen MR) is 54.4 cm³/mol. The SMILES string of the molecule is Cc1ccc(S(=O)(=O)N(CO)CO)cc1. The summed E-state index contributed by atoms with van der Waals surface area (Å²) in [6.45, 7) is 0.353. The fourth-order valence-corrected chi connectivity index (χ4v) is 2.14. The Balaban J connectivity index is 3.11. The quantitative estimate of drug-likeness (QED) is 0.708. The zero-order valence-corrected chi connectivity index (χ0v) is 9.11. The second-order valence-corrected chi connectivity index (χ2v) is 4.99. The molecule has 6 heteroatoms. The van der Waals surface area contributed by atoms with Gasteiger partial charge in [-0.2, -0.15) is 0 Å². The van der Waals surface area contributed by atoms with Crippen LogP contribution in [-0.2, 0) is 10.0 Å². The highest BCUT2D eigenvalue weighted by Crippen LogP contribution is 2.14. The molecule has 0 unspecified atom stereocenters. The third-order valence-electron chi connectivity index (χ3n) is 1.97. The molecular formula is C9H13NO4S. The normalized spacial score (nSPS) is 12.0. The summed E-state index contributed by atoms with van der Waals surface area (Å²) in [5.74, 6) is 0. The molecule has 0 aromatic heterocycles. The van der Waals surface area contributed by atoms with Gasteiger partial charge in [0, 0.05) is 0 Å². The third kappa shape index (κ3) is 2.54. The Morgan fingerprint density at radius 3 is 2.00 bits per heavy atom. The Labute approximate surface area is 88.6 Å². The van der Waals surface area contributed by atoms with Gasteiger partial charge in [0.2, 0.25) is 10.0 Å². The van der Waals surface area contributed by atoms with Crippen molar-refractivity contribution in [2.45, 2.75) is 11.8 Å². The van der Waals surface area contributed by atoms with E-state index in [0.717, 1.165) is 5.56 Å². The summed E-state index contributed by atoms with van der Waals surface area (Å²) in [6.07, 6.45) is 0. The van der Waals surface area contributed by atoms with E-state index in [9.17, 15) is 8.42 Å². The molecule has 0 bridgehead atoms. The molecule has 15 heavy (non-hydrogen) atoms. The molecule has 0 atom stereocenters. The van der Waals surface area contributed by atoms with Gasteiger partial charge in [-0.05, 0) is 19.1 Å². The molecular weight excluding hydrogens is 218 g/mol. The molecule has 0 aliphatic heterocycles. The van der Waals surface area contributed by atoms with E-state index in [4.69, 9.17) is 10.2 Å². The highest BCUT2D eigenvalue weighted by molar-refractivity contribution is 7.89. The van der Waals surface area contributed by atoms with Crippen molar-refractivity contribution in [2.24, 2.45) is 0 Å². The zero-order chi connectivity index (χ0) is 11.5. The molecule has 0 amide bonds. The van der Waals surface area contributed by atoms with Crippen molar-refractivity contribution in [1.82, 2.24) is 4.31 Å². The van der Waals surface area contributed by atoms with Gasteiger partial charge in [0.25, 0.3) is 0 Å². The maximum absolute atomic E-state index is 11.7. The Morgan fingerprint density at radius 2 is 1.60 bits per heavy atom. The highest BCUT2D eigenvalue weighted by atomic mass is 32.2. The summed E-state index contributed by atoms with van der Waals surface area (Å²) in [6, 6.07) is 6.17. The molecule has 1 aromatic rings. The minimum absolute atomic E-state index is 0.0520. The largest absolute Gasteiger partial charge is 0.380 e. The molecule has 0 saturated carbocycles. The Bertz CT molecular complexity index is 408. The number of aliphatic hydroxyl groups excluding tert-OH is 2. The van der Waals surface area contributed by atoms with Gasteiger partial charge in [-0.25, -0.2) is 8.42 Å². The van der Waals surface area contributed by atoms with Crippen molar-refractivity contribution in [3.8, 4) is 0 Å². The Hall–Kier alpha value is -0.950. The van der Waals surface area contributed by atoms with Crippen LogP contribution in [0, 0.1) is 6.92 Å². The molecule has 0 radical (unpaired) electrons. The molecule has 1 aromatic carbocycles. The van der Waals surface area contributed by atoms with E-state index in [0.29, 0.717) is 4.31 Å². The van der Waals surface area contributed by atoms with Crippen LogP contribution in [0.1, 0.15) is 5.56 Å². The average Bonchev–Trinajstić information content (AvgIpc) is 2.19. The van der Waals surface area contributed by atoms with Crippen LogP contribution in [-0.4, -0.2) is 36.4 Å². The van der Waals surface area contributed by atoms with Gasteiger partial charge < -0.3 is 10.2 Å². The smallest absolute Gasteiger partial charge is 0.246 e. The maximum atomic E-state index is 11.7. The molecule has 84 valence electrons. The van der Waals surface area contributed by atoms with Gasteiger partial charge in [0.05, 0.1) is 4.90 Å². The lowest BCUT2D eigenvalue weighted by Gasteiger charge is -2.16. The summed E-state index contributed by atoms with van der Waals surface area (Å²) < 4.78 is 24.0. The minimum atomic E-state index is -3.78. The van der Waals surface area contributed by atoms with Crippen molar-refractivity contribution >= 4 is 10.0 Å². The average molecular weight is 231 g/mol. The van der Waals surface area contributed by atoms with Crippen molar-refractivity contribution < 1.29 is 18.6 Å². The van der Waals surface area contributed by atoms with Crippen LogP contribution in [0.3, 0.4) is 0 Å². The van der Waals surface area contributed by atoms with E-state index in [2.05, 4.69) is 0 Å². The van der Waals surface area contributed by atoms with E-state index in [1.807, 2.05) is 6.92 Å². The van der Waals surface area contributed by atoms with Gasteiger partial charge in [0.15, 0.2) is 0 Å². The standard InChI is InChI=1S/C9H13NO4S/c1-8-2-4-9(5-3-8)15(13,14)10(6-11)7-12/h2-5,11-12H,6-7H2,1H3. The van der Waals surface area contributed by atoms with Crippen LogP contribution >= 0.6 is 0 Å². The first-order valence-electron chi connectivity index (χ1n) is 4.31. The first-order valence-corrected chi connectivity index (χ1v) is 5.75. The first-order chi connectivity index (χ1) is 7.02. The molecule has 1 rings (SSSR count). The number of aryl methyl sites for hydroxylation is 1. The van der Waals surface area contributed by atoms with Gasteiger partial charge in [-0.1, -0.05) is 17.7 Å². The van der Waals surface area contributed by atoms with Crippen LogP contribution in [0.4, 0.5) is 0 Å². The summed E-state index contributed by atoms with van der Waals surface area (Å²) in [5.41, 5.74) is 0.938. The van der Waals surface area contributed by atoms with E-state index in [-0.39, 0.29) is 4.90 Å². The van der Waals surface area contributed by atoms with Gasteiger partial charge in [0.1, 0.15) is 13.5 Å². The number of hydrogen-bond acceptors (Lipinski definition) is 4. The molecule has 0 fully saturated rings. The molecule has 0 saturated heterocycles. The number of hydrogen-bond donors (Lipinski definition) is 2. The lowest BCUT2D eigenvalue weighted by atomic mass is 10.2. The predicted octanol–water partition coefficient (Wildman–Crippen LogP) is -0.115. The molecule has 0 aliphatic carbocycles. The Kier molecular flexibility index (Phi) is 3.81. The van der Waals surface area contributed by atoms with Crippen molar-refractivity contribution in [3.05, 3.63) is 29.8 Å². The summed E-state index contributed by atoms with van der Waals surface area (Å²) in [4.78, 5) is 0.0520. The molecule has 2 N–H and O–H groups in total. The second kappa shape index (κ2) is 4.71. The highest BCUT2D eigenvalue weighted by Gasteiger charge is 2.22.